The lowest BCUT2D eigenvalue weighted by molar-refractivity contribution is 0.418. The molecule has 0 saturated carbocycles. The molecule has 3 N–H and O–H groups in total. The van der Waals surface area contributed by atoms with Crippen LogP contribution in [-0.2, 0) is 7.05 Å². The first-order valence-electron chi connectivity index (χ1n) is 9.06. The van der Waals surface area contributed by atoms with Crippen LogP contribution in [0.3, 0.4) is 0 Å². The molecule has 9 nitrogen and oxygen atoms in total. The van der Waals surface area contributed by atoms with E-state index in [1.54, 1.807) is 16.5 Å². The van der Waals surface area contributed by atoms with Gasteiger partial charge in [0.05, 0.1) is 12.8 Å². The molecule has 0 saturated heterocycles. The number of anilines is 3. The van der Waals surface area contributed by atoms with Crippen molar-refractivity contribution in [2.75, 3.05) is 18.2 Å². The molecule has 4 aromatic rings. The molecule has 4 rings (SSSR count). The second-order valence-corrected chi connectivity index (χ2v) is 6.70. The SMILES string of the molecule is COc1c(-c2ccc(N)cc2)nn(C)c1Nc1cc(-n2nc(C)cc2C)ncn1. The van der Waals surface area contributed by atoms with E-state index in [4.69, 9.17) is 10.5 Å². The van der Waals surface area contributed by atoms with Crippen LogP contribution in [0.4, 0.5) is 17.3 Å². The second kappa shape index (κ2) is 7.27. The smallest absolute Gasteiger partial charge is 0.189 e. The molecule has 0 atom stereocenters. The van der Waals surface area contributed by atoms with Crippen LogP contribution < -0.4 is 15.8 Å². The van der Waals surface area contributed by atoms with Gasteiger partial charge in [-0.25, -0.2) is 19.3 Å². The van der Waals surface area contributed by atoms with Gasteiger partial charge in [0.25, 0.3) is 0 Å². The number of nitrogens with two attached hydrogens (primary N) is 1. The Bertz CT molecular complexity index is 1160. The summed E-state index contributed by atoms with van der Waals surface area (Å²) in [4.78, 5) is 8.67. The van der Waals surface area contributed by atoms with Crippen molar-refractivity contribution in [3.63, 3.8) is 0 Å². The molecule has 0 aliphatic carbocycles. The average molecular weight is 390 g/mol. The number of aryl methyl sites for hydroxylation is 3. The fraction of sp³-hybridized carbons (Fsp3) is 0.200. The maximum Gasteiger partial charge on any atom is 0.189 e. The minimum absolute atomic E-state index is 0.604. The van der Waals surface area contributed by atoms with Crippen molar-refractivity contribution >= 4 is 17.3 Å². The molecule has 0 spiro atoms. The van der Waals surface area contributed by atoms with E-state index in [9.17, 15) is 0 Å². The highest BCUT2D eigenvalue weighted by Crippen LogP contribution is 2.37. The van der Waals surface area contributed by atoms with E-state index in [0.29, 0.717) is 34.6 Å². The fourth-order valence-corrected chi connectivity index (χ4v) is 3.18. The molecule has 0 aliphatic heterocycles. The highest BCUT2D eigenvalue weighted by molar-refractivity contribution is 5.76. The summed E-state index contributed by atoms with van der Waals surface area (Å²) in [5, 5.41) is 12.4. The van der Waals surface area contributed by atoms with Gasteiger partial charge >= 0.3 is 0 Å². The highest BCUT2D eigenvalue weighted by atomic mass is 16.5. The number of ether oxygens (including phenoxy) is 1. The van der Waals surface area contributed by atoms with Crippen molar-refractivity contribution in [3.8, 4) is 22.8 Å². The number of nitrogens with zero attached hydrogens (tertiary/aromatic N) is 6. The molecular weight excluding hydrogens is 368 g/mol. The third-order valence-electron chi connectivity index (χ3n) is 4.52. The number of aromatic nitrogens is 6. The molecule has 1 aromatic carbocycles. The van der Waals surface area contributed by atoms with Gasteiger partial charge in [-0.1, -0.05) is 12.1 Å². The molecule has 29 heavy (non-hydrogen) atoms. The molecule has 0 radical (unpaired) electrons. The van der Waals surface area contributed by atoms with E-state index < -0.39 is 0 Å². The predicted molar refractivity (Wildman–Crippen MR) is 112 cm³/mol. The van der Waals surface area contributed by atoms with Gasteiger partial charge in [0.15, 0.2) is 17.4 Å². The Balaban J connectivity index is 1.71. The summed E-state index contributed by atoms with van der Waals surface area (Å²) in [6.07, 6.45) is 1.50. The Labute approximate surface area is 168 Å². The maximum absolute atomic E-state index is 5.80. The highest BCUT2D eigenvalue weighted by Gasteiger charge is 2.19. The van der Waals surface area contributed by atoms with Crippen LogP contribution in [0.2, 0.25) is 0 Å². The van der Waals surface area contributed by atoms with E-state index in [-0.39, 0.29) is 0 Å². The lowest BCUT2D eigenvalue weighted by Gasteiger charge is -2.10. The number of nitrogen functional groups attached to an aromatic ring is 1. The van der Waals surface area contributed by atoms with Crippen LogP contribution >= 0.6 is 0 Å². The standard InChI is InChI=1S/C20H22N8O/c1-12-9-13(2)28(25-12)17-10-16(22-11-23-17)24-20-19(29-4)18(26-27(20)3)14-5-7-15(21)8-6-14/h5-11H,21H2,1-4H3,(H,22,23,24). The topological polar surface area (TPSA) is 109 Å². The third kappa shape index (κ3) is 3.49. The molecule has 0 unspecified atom stereocenters. The molecule has 148 valence electrons. The minimum atomic E-state index is 0.604. The van der Waals surface area contributed by atoms with Gasteiger partial charge in [-0.2, -0.15) is 10.2 Å². The van der Waals surface area contributed by atoms with E-state index >= 15 is 0 Å². The molecule has 3 aromatic heterocycles. The van der Waals surface area contributed by atoms with Gasteiger partial charge in [-0.05, 0) is 32.0 Å². The minimum Gasteiger partial charge on any atom is -0.491 e. The summed E-state index contributed by atoms with van der Waals surface area (Å²) >= 11 is 0. The van der Waals surface area contributed by atoms with Crippen molar-refractivity contribution in [1.29, 1.82) is 0 Å². The number of hydrogen-bond donors (Lipinski definition) is 2. The van der Waals surface area contributed by atoms with Gasteiger partial charge in [-0.15, -0.1) is 0 Å². The van der Waals surface area contributed by atoms with Gasteiger partial charge in [-0.3, -0.25) is 0 Å². The number of hydrogen-bond acceptors (Lipinski definition) is 7. The van der Waals surface area contributed by atoms with Crippen LogP contribution in [0.5, 0.6) is 5.75 Å². The first-order valence-corrected chi connectivity index (χ1v) is 9.06. The quantitative estimate of drug-likeness (QED) is 0.504. The number of benzene rings is 1. The number of rotatable bonds is 5. The normalized spacial score (nSPS) is 10.9. The lowest BCUT2D eigenvalue weighted by atomic mass is 10.1. The van der Waals surface area contributed by atoms with E-state index in [0.717, 1.165) is 17.0 Å². The molecule has 0 amide bonds. The van der Waals surface area contributed by atoms with Crippen molar-refractivity contribution in [3.05, 3.63) is 54.1 Å². The zero-order valence-electron chi connectivity index (χ0n) is 16.7. The van der Waals surface area contributed by atoms with E-state index in [1.165, 1.54) is 6.33 Å². The summed E-state index contributed by atoms with van der Waals surface area (Å²) in [6, 6.07) is 11.3. The summed E-state index contributed by atoms with van der Waals surface area (Å²) in [7, 11) is 3.46. The van der Waals surface area contributed by atoms with Crippen LogP contribution in [0, 0.1) is 13.8 Å². The molecule has 0 fully saturated rings. The number of nitrogens with one attached hydrogen (secondary N) is 1. The molecular formula is C20H22N8O. The summed E-state index contributed by atoms with van der Waals surface area (Å²) in [5.41, 5.74) is 10.0. The number of methoxy groups -OCH3 is 1. The second-order valence-electron chi connectivity index (χ2n) is 6.70. The third-order valence-corrected chi connectivity index (χ3v) is 4.52. The lowest BCUT2D eigenvalue weighted by Crippen LogP contribution is -2.06. The van der Waals surface area contributed by atoms with E-state index in [1.807, 2.05) is 57.3 Å². The van der Waals surface area contributed by atoms with E-state index in [2.05, 4.69) is 25.5 Å². The summed E-state index contributed by atoms with van der Waals surface area (Å²) in [6.45, 7) is 3.93. The fourth-order valence-electron chi connectivity index (χ4n) is 3.18. The van der Waals surface area contributed by atoms with Gasteiger partial charge in [0.2, 0.25) is 0 Å². The largest absolute Gasteiger partial charge is 0.491 e. The van der Waals surface area contributed by atoms with Crippen molar-refractivity contribution < 1.29 is 4.74 Å². The Kier molecular flexibility index (Phi) is 4.63. The first-order chi connectivity index (χ1) is 14.0. The van der Waals surface area contributed by atoms with Gasteiger partial charge < -0.3 is 15.8 Å². The van der Waals surface area contributed by atoms with Crippen molar-refractivity contribution in [2.24, 2.45) is 7.05 Å². The molecule has 3 heterocycles. The Morgan fingerprint density at radius 1 is 1.03 bits per heavy atom. The molecule has 9 heteroatoms. The Morgan fingerprint density at radius 3 is 2.45 bits per heavy atom. The maximum atomic E-state index is 5.80. The van der Waals surface area contributed by atoms with Crippen molar-refractivity contribution in [2.45, 2.75) is 13.8 Å². The summed E-state index contributed by atoms with van der Waals surface area (Å²) in [5.74, 6) is 2.57. The molecule has 0 bridgehead atoms. The Morgan fingerprint density at radius 2 is 1.79 bits per heavy atom. The van der Waals surface area contributed by atoms with Crippen molar-refractivity contribution in [1.82, 2.24) is 29.5 Å². The van der Waals surface area contributed by atoms with Gasteiger partial charge in [0.1, 0.15) is 17.8 Å². The van der Waals surface area contributed by atoms with Crippen LogP contribution in [-0.4, -0.2) is 36.6 Å². The monoisotopic (exact) mass is 390 g/mol. The Hall–Kier alpha value is -3.88. The predicted octanol–water partition coefficient (Wildman–Crippen LogP) is 3.01. The van der Waals surface area contributed by atoms with Crippen LogP contribution in [0.15, 0.2) is 42.7 Å². The zero-order valence-corrected chi connectivity index (χ0v) is 16.7. The summed E-state index contributed by atoms with van der Waals surface area (Å²) < 4.78 is 9.15. The molecule has 0 aliphatic rings. The van der Waals surface area contributed by atoms with Gasteiger partial charge in [0, 0.05) is 30.1 Å². The average Bonchev–Trinajstić information content (AvgIpc) is 3.21. The first kappa shape index (κ1) is 18.5. The van der Waals surface area contributed by atoms with Crippen LogP contribution in [0.25, 0.3) is 17.1 Å². The van der Waals surface area contributed by atoms with Crippen LogP contribution in [0.1, 0.15) is 11.4 Å². The zero-order chi connectivity index (χ0) is 20.5.